The minimum atomic E-state index is -0.246. The molecule has 0 bridgehead atoms. The predicted molar refractivity (Wildman–Crippen MR) is 87.0 cm³/mol. The molecule has 1 aromatic carbocycles. The molecule has 0 saturated carbocycles. The zero-order valence-electron chi connectivity index (χ0n) is 12.8. The summed E-state index contributed by atoms with van der Waals surface area (Å²) in [5.41, 5.74) is 0.928. The van der Waals surface area contributed by atoms with Crippen LogP contribution in [-0.4, -0.2) is 46.7 Å². The maximum atomic E-state index is 12.2. The van der Waals surface area contributed by atoms with E-state index in [0.717, 1.165) is 6.42 Å². The Kier molecular flexibility index (Phi) is 5.60. The van der Waals surface area contributed by atoms with Crippen LogP contribution in [0, 0.1) is 0 Å². The number of nitrogens with one attached hydrogen (secondary N) is 1. The first kappa shape index (κ1) is 16.5. The van der Waals surface area contributed by atoms with E-state index in [9.17, 15) is 14.4 Å². The number of carbonyl (C=O) groups excluding carboxylic acids is 3. The molecular weight excluding hydrogens is 300 g/mol. The fourth-order valence-corrected chi connectivity index (χ4v) is 3.11. The Bertz CT molecular complexity index is 554. The van der Waals surface area contributed by atoms with Crippen molar-refractivity contribution >= 4 is 29.5 Å². The molecule has 1 aliphatic heterocycles. The summed E-state index contributed by atoms with van der Waals surface area (Å²) in [6, 6.07) is 6.85. The van der Waals surface area contributed by atoms with E-state index in [1.54, 1.807) is 24.3 Å². The lowest BCUT2D eigenvalue weighted by Crippen LogP contribution is -2.34. The molecule has 1 unspecified atom stereocenters. The topological polar surface area (TPSA) is 66.5 Å². The summed E-state index contributed by atoms with van der Waals surface area (Å²) < 4.78 is 0. The van der Waals surface area contributed by atoms with Gasteiger partial charge in [0.2, 0.25) is 5.91 Å². The van der Waals surface area contributed by atoms with Crippen molar-refractivity contribution in [2.75, 3.05) is 18.8 Å². The Morgan fingerprint density at radius 2 is 1.82 bits per heavy atom. The smallest absolute Gasteiger partial charge is 0.261 e. The number of fused-ring (bicyclic) bond motifs is 1. The SMILES string of the molecule is CCCNC(=O)C(C)SCCN1C(=O)c2ccccc2C1=O. The zero-order chi connectivity index (χ0) is 16.1. The maximum Gasteiger partial charge on any atom is 0.261 e. The van der Waals surface area contributed by atoms with E-state index in [1.165, 1.54) is 16.7 Å². The van der Waals surface area contributed by atoms with Crippen LogP contribution in [0.15, 0.2) is 24.3 Å². The Balaban J connectivity index is 1.85. The van der Waals surface area contributed by atoms with Gasteiger partial charge in [-0.05, 0) is 25.5 Å². The van der Waals surface area contributed by atoms with Crippen LogP contribution in [0.4, 0.5) is 0 Å². The minimum Gasteiger partial charge on any atom is -0.355 e. The number of hydrogen-bond donors (Lipinski definition) is 1. The van der Waals surface area contributed by atoms with Crippen molar-refractivity contribution in [3.8, 4) is 0 Å². The molecule has 0 fully saturated rings. The Labute approximate surface area is 134 Å². The molecule has 118 valence electrons. The summed E-state index contributed by atoms with van der Waals surface area (Å²) in [7, 11) is 0. The van der Waals surface area contributed by atoms with Gasteiger partial charge >= 0.3 is 0 Å². The van der Waals surface area contributed by atoms with E-state index in [0.29, 0.717) is 30.0 Å². The van der Waals surface area contributed by atoms with Crippen molar-refractivity contribution in [2.24, 2.45) is 0 Å². The van der Waals surface area contributed by atoms with Crippen LogP contribution in [0.25, 0.3) is 0 Å². The van der Waals surface area contributed by atoms with Crippen molar-refractivity contribution in [3.63, 3.8) is 0 Å². The standard InChI is InChI=1S/C16H20N2O3S/c1-3-8-17-14(19)11(2)22-10-9-18-15(20)12-6-4-5-7-13(12)16(18)21/h4-7,11H,3,8-10H2,1-2H3,(H,17,19). The van der Waals surface area contributed by atoms with Gasteiger partial charge in [0.25, 0.3) is 11.8 Å². The van der Waals surface area contributed by atoms with Gasteiger partial charge in [-0.2, -0.15) is 0 Å². The number of amides is 3. The molecule has 0 radical (unpaired) electrons. The number of nitrogens with zero attached hydrogens (tertiary/aromatic N) is 1. The molecule has 1 heterocycles. The number of hydrogen-bond acceptors (Lipinski definition) is 4. The molecule has 1 aliphatic rings. The highest BCUT2D eigenvalue weighted by Gasteiger charge is 2.34. The molecule has 1 aromatic rings. The summed E-state index contributed by atoms with van der Waals surface area (Å²) in [5, 5.41) is 2.64. The largest absolute Gasteiger partial charge is 0.355 e. The fourth-order valence-electron chi connectivity index (χ4n) is 2.23. The molecule has 2 rings (SSSR count). The van der Waals surface area contributed by atoms with E-state index >= 15 is 0 Å². The first-order valence-corrected chi connectivity index (χ1v) is 8.45. The van der Waals surface area contributed by atoms with Gasteiger partial charge in [0.05, 0.1) is 16.4 Å². The highest BCUT2D eigenvalue weighted by atomic mass is 32.2. The van der Waals surface area contributed by atoms with Crippen molar-refractivity contribution in [1.29, 1.82) is 0 Å². The lowest BCUT2D eigenvalue weighted by molar-refractivity contribution is -0.120. The average molecular weight is 320 g/mol. The van der Waals surface area contributed by atoms with Crippen LogP contribution >= 0.6 is 11.8 Å². The Morgan fingerprint density at radius 3 is 2.36 bits per heavy atom. The molecule has 1 N–H and O–H groups in total. The van der Waals surface area contributed by atoms with Crippen molar-refractivity contribution in [3.05, 3.63) is 35.4 Å². The third-order valence-corrected chi connectivity index (χ3v) is 4.61. The number of imide groups is 1. The van der Waals surface area contributed by atoms with Crippen molar-refractivity contribution in [1.82, 2.24) is 10.2 Å². The second-order valence-corrected chi connectivity index (χ2v) is 6.56. The Morgan fingerprint density at radius 1 is 1.23 bits per heavy atom. The minimum absolute atomic E-state index is 0.00536. The van der Waals surface area contributed by atoms with Crippen LogP contribution in [0.2, 0.25) is 0 Å². The lowest BCUT2D eigenvalue weighted by Gasteiger charge is -2.15. The highest BCUT2D eigenvalue weighted by Crippen LogP contribution is 2.23. The van der Waals surface area contributed by atoms with Crippen LogP contribution in [0.3, 0.4) is 0 Å². The molecule has 6 heteroatoms. The van der Waals surface area contributed by atoms with Crippen LogP contribution in [0.1, 0.15) is 41.0 Å². The third-order valence-electron chi connectivity index (χ3n) is 3.48. The normalized spacial score (nSPS) is 14.9. The summed E-state index contributed by atoms with van der Waals surface area (Å²) in [6.45, 7) is 4.82. The summed E-state index contributed by atoms with van der Waals surface area (Å²) in [6.07, 6.45) is 0.901. The van der Waals surface area contributed by atoms with Gasteiger partial charge in [0, 0.05) is 18.8 Å². The fraction of sp³-hybridized carbons (Fsp3) is 0.438. The highest BCUT2D eigenvalue weighted by molar-refractivity contribution is 8.00. The van der Waals surface area contributed by atoms with Gasteiger partial charge in [-0.1, -0.05) is 19.1 Å². The first-order chi connectivity index (χ1) is 10.6. The van der Waals surface area contributed by atoms with E-state index < -0.39 is 0 Å². The quantitative estimate of drug-likeness (QED) is 0.780. The van der Waals surface area contributed by atoms with E-state index in [4.69, 9.17) is 0 Å². The molecule has 0 aliphatic carbocycles. The van der Waals surface area contributed by atoms with Crippen molar-refractivity contribution in [2.45, 2.75) is 25.5 Å². The lowest BCUT2D eigenvalue weighted by atomic mass is 10.1. The molecule has 5 nitrogen and oxygen atoms in total. The zero-order valence-corrected chi connectivity index (χ0v) is 13.6. The van der Waals surface area contributed by atoms with E-state index in [-0.39, 0.29) is 23.0 Å². The summed E-state index contributed by atoms with van der Waals surface area (Å²) >= 11 is 1.45. The summed E-state index contributed by atoms with van der Waals surface area (Å²) in [5.74, 6) is 0.0504. The van der Waals surface area contributed by atoms with Crippen LogP contribution < -0.4 is 5.32 Å². The number of rotatable bonds is 7. The van der Waals surface area contributed by atoms with Gasteiger partial charge in [0.1, 0.15) is 0 Å². The summed E-state index contributed by atoms with van der Waals surface area (Å²) in [4.78, 5) is 37.4. The first-order valence-electron chi connectivity index (χ1n) is 7.40. The molecule has 0 saturated heterocycles. The number of carbonyl (C=O) groups is 3. The van der Waals surface area contributed by atoms with E-state index in [1.807, 2.05) is 13.8 Å². The van der Waals surface area contributed by atoms with Crippen LogP contribution in [-0.2, 0) is 4.79 Å². The molecule has 3 amide bonds. The molecule has 0 aromatic heterocycles. The second-order valence-electron chi connectivity index (χ2n) is 5.11. The van der Waals surface area contributed by atoms with Gasteiger partial charge in [-0.25, -0.2) is 0 Å². The van der Waals surface area contributed by atoms with Gasteiger partial charge in [0.15, 0.2) is 0 Å². The second kappa shape index (κ2) is 7.45. The third kappa shape index (κ3) is 3.50. The maximum absolute atomic E-state index is 12.2. The average Bonchev–Trinajstić information content (AvgIpc) is 2.77. The van der Waals surface area contributed by atoms with Crippen molar-refractivity contribution < 1.29 is 14.4 Å². The monoisotopic (exact) mass is 320 g/mol. The van der Waals surface area contributed by atoms with E-state index in [2.05, 4.69) is 5.32 Å². The predicted octanol–water partition coefficient (Wildman–Crippen LogP) is 1.93. The van der Waals surface area contributed by atoms with Gasteiger partial charge in [-0.3, -0.25) is 19.3 Å². The van der Waals surface area contributed by atoms with Gasteiger partial charge in [-0.15, -0.1) is 11.8 Å². The number of thioether (sulfide) groups is 1. The van der Waals surface area contributed by atoms with Crippen LogP contribution in [0.5, 0.6) is 0 Å². The molecule has 1 atom stereocenters. The molecule has 22 heavy (non-hydrogen) atoms. The number of benzene rings is 1. The molecular formula is C16H20N2O3S. The molecule has 0 spiro atoms. The Hall–Kier alpha value is -1.82. The van der Waals surface area contributed by atoms with Gasteiger partial charge < -0.3 is 5.32 Å².